The summed E-state index contributed by atoms with van der Waals surface area (Å²) in [4.78, 5) is 23.1. The lowest BCUT2D eigenvalue weighted by Gasteiger charge is -2.07. The molecule has 0 atom stereocenters. The van der Waals surface area contributed by atoms with E-state index in [9.17, 15) is 9.59 Å². The second kappa shape index (κ2) is 10.2. The molecule has 0 saturated heterocycles. The second-order valence-corrected chi connectivity index (χ2v) is 6.81. The number of hydrogen-bond acceptors (Lipinski definition) is 4. The van der Waals surface area contributed by atoms with E-state index in [2.05, 4.69) is 15.8 Å². The van der Waals surface area contributed by atoms with Gasteiger partial charge in [0.2, 0.25) is 5.91 Å². The highest BCUT2D eigenvalue weighted by atomic mass is 35.5. The smallest absolute Gasteiger partial charge is 0.271 e. The van der Waals surface area contributed by atoms with Gasteiger partial charge < -0.3 is 10.1 Å². The minimum absolute atomic E-state index is 0.169. The number of nitrogens with zero attached hydrogens (tertiary/aromatic N) is 1. The Morgan fingerprint density at radius 2 is 1.70 bits per heavy atom. The van der Waals surface area contributed by atoms with Gasteiger partial charge in [0.05, 0.1) is 6.21 Å². The maximum Gasteiger partial charge on any atom is 0.271 e. The number of hydrazone groups is 1. The molecule has 0 aliphatic heterocycles. The number of halogens is 1. The zero-order valence-corrected chi connectivity index (χ0v) is 17.0. The van der Waals surface area contributed by atoms with Crippen molar-refractivity contribution in [3.63, 3.8) is 0 Å². The van der Waals surface area contributed by atoms with Crippen molar-refractivity contribution in [3.05, 3.63) is 94.5 Å². The molecular weight excluding hydrogens is 402 g/mol. The van der Waals surface area contributed by atoms with Gasteiger partial charge in [0.25, 0.3) is 5.91 Å². The monoisotopic (exact) mass is 421 g/mol. The van der Waals surface area contributed by atoms with Crippen molar-refractivity contribution < 1.29 is 14.3 Å². The standard InChI is InChI=1S/C23H20ClN3O3/c1-16(28)26-20-10-8-18(9-11-20)23(29)27-25-14-17-6-12-21(13-7-17)30-15-19-4-2-3-5-22(19)24/h2-14H,15H2,1H3,(H,26,28)(H,27,29)/b25-14-. The van der Waals surface area contributed by atoms with E-state index in [0.29, 0.717) is 28.6 Å². The largest absolute Gasteiger partial charge is 0.489 e. The first-order chi connectivity index (χ1) is 14.5. The number of anilines is 1. The number of benzene rings is 3. The molecule has 152 valence electrons. The van der Waals surface area contributed by atoms with E-state index in [1.54, 1.807) is 30.5 Å². The summed E-state index contributed by atoms with van der Waals surface area (Å²) in [5, 5.41) is 7.28. The minimum atomic E-state index is -0.347. The van der Waals surface area contributed by atoms with Crippen LogP contribution in [0.25, 0.3) is 0 Å². The number of ether oxygens (including phenoxy) is 1. The van der Waals surface area contributed by atoms with Gasteiger partial charge in [0.15, 0.2) is 0 Å². The molecule has 6 nitrogen and oxygen atoms in total. The molecule has 2 amide bonds. The molecule has 0 aromatic heterocycles. The Bertz CT molecular complexity index is 1050. The summed E-state index contributed by atoms with van der Waals surface area (Å²) >= 11 is 6.12. The molecule has 7 heteroatoms. The zero-order chi connectivity index (χ0) is 21.3. The van der Waals surface area contributed by atoms with E-state index in [0.717, 1.165) is 11.1 Å². The lowest BCUT2D eigenvalue weighted by molar-refractivity contribution is -0.114. The summed E-state index contributed by atoms with van der Waals surface area (Å²) in [7, 11) is 0. The maximum absolute atomic E-state index is 12.1. The second-order valence-electron chi connectivity index (χ2n) is 6.41. The van der Waals surface area contributed by atoms with Gasteiger partial charge in [0.1, 0.15) is 12.4 Å². The molecule has 3 aromatic carbocycles. The van der Waals surface area contributed by atoms with Gasteiger partial charge in [-0.3, -0.25) is 9.59 Å². The fourth-order valence-corrected chi connectivity index (χ4v) is 2.76. The van der Waals surface area contributed by atoms with Crippen molar-refractivity contribution in [3.8, 4) is 5.75 Å². The fraction of sp³-hybridized carbons (Fsp3) is 0.0870. The Kier molecular flexibility index (Phi) is 7.19. The molecule has 0 radical (unpaired) electrons. The van der Waals surface area contributed by atoms with E-state index in [1.807, 2.05) is 48.5 Å². The molecule has 30 heavy (non-hydrogen) atoms. The van der Waals surface area contributed by atoms with Crippen molar-refractivity contribution in [1.29, 1.82) is 0 Å². The average molecular weight is 422 g/mol. The summed E-state index contributed by atoms with van der Waals surface area (Å²) in [6.45, 7) is 1.80. The van der Waals surface area contributed by atoms with Crippen LogP contribution in [0.4, 0.5) is 5.69 Å². The summed E-state index contributed by atoms with van der Waals surface area (Å²) in [5.41, 5.74) is 5.25. The van der Waals surface area contributed by atoms with E-state index >= 15 is 0 Å². The first-order valence-corrected chi connectivity index (χ1v) is 9.56. The molecule has 3 rings (SSSR count). The van der Waals surface area contributed by atoms with E-state index < -0.39 is 0 Å². The quantitative estimate of drug-likeness (QED) is 0.430. The lowest BCUT2D eigenvalue weighted by Crippen LogP contribution is -2.17. The van der Waals surface area contributed by atoms with Crippen LogP contribution in [0.15, 0.2) is 77.9 Å². The van der Waals surface area contributed by atoms with Crippen LogP contribution in [-0.2, 0) is 11.4 Å². The third-order valence-corrected chi connectivity index (χ3v) is 4.45. The number of carbonyl (C=O) groups excluding carboxylic acids is 2. The van der Waals surface area contributed by atoms with Crippen LogP contribution in [0.3, 0.4) is 0 Å². The van der Waals surface area contributed by atoms with Crippen molar-refractivity contribution in [2.24, 2.45) is 5.10 Å². The van der Waals surface area contributed by atoms with Gasteiger partial charge in [-0.2, -0.15) is 5.10 Å². The number of carbonyl (C=O) groups is 2. The van der Waals surface area contributed by atoms with E-state index in [1.165, 1.54) is 6.92 Å². The number of hydrogen-bond donors (Lipinski definition) is 2. The van der Waals surface area contributed by atoms with Crippen LogP contribution < -0.4 is 15.5 Å². The zero-order valence-electron chi connectivity index (χ0n) is 16.3. The van der Waals surface area contributed by atoms with Crippen molar-refractivity contribution in [2.45, 2.75) is 13.5 Å². The van der Waals surface area contributed by atoms with Crippen molar-refractivity contribution in [1.82, 2.24) is 5.43 Å². The fourth-order valence-electron chi connectivity index (χ4n) is 2.56. The van der Waals surface area contributed by atoms with Gasteiger partial charge in [-0.1, -0.05) is 29.8 Å². The van der Waals surface area contributed by atoms with Crippen LogP contribution in [0.2, 0.25) is 5.02 Å². The van der Waals surface area contributed by atoms with E-state index in [-0.39, 0.29) is 11.8 Å². The summed E-state index contributed by atoms with van der Waals surface area (Å²) in [6.07, 6.45) is 1.54. The molecule has 0 unspecified atom stereocenters. The molecule has 0 heterocycles. The Hall–Kier alpha value is -3.64. The van der Waals surface area contributed by atoms with Gasteiger partial charge in [-0.25, -0.2) is 5.43 Å². The topological polar surface area (TPSA) is 79.8 Å². The van der Waals surface area contributed by atoms with Crippen molar-refractivity contribution >= 4 is 35.3 Å². The Morgan fingerprint density at radius 1 is 1.00 bits per heavy atom. The summed E-state index contributed by atoms with van der Waals surface area (Å²) < 4.78 is 5.74. The SMILES string of the molecule is CC(=O)Nc1ccc(C(=O)N/N=C\c2ccc(OCc3ccccc3Cl)cc2)cc1. The van der Waals surface area contributed by atoms with Crippen LogP contribution >= 0.6 is 11.6 Å². The Morgan fingerprint density at radius 3 is 2.37 bits per heavy atom. The number of amides is 2. The van der Waals surface area contributed by atoms with Crippen LogP contribution in [0.5, 0.6) is 5.75 Å². The number of nitrogens with one attached hydrogen (secondary N) is 2. The normalized spacial score (nSPS) is 10.6. The van der Waals surface area contributed by atoms with Crippen LogP contribution in [0, 0.1) is 0 Å². The Balaban J connectivity index is 1.50. The molecular formula is C23H20ClN3O3. The highest BCUT2D eigenvalue weighted by Gasteiger charge is 2.04. The van der Waals surface area contributed by atoms with E-state index in [4.69, 9.17) is 16.3 Å². The van der Waals surface area contributed by atoms with Crippen LogP contribution in [-0.4, -0.2) is 18.0 Å². The third-order valence-electron chi connectivity index (χ3n) is 4.08. The minimum Gasteiger partial charge on any atom is -0.489 e. The highest BCUT2D eigenvalue weighted by Crippen LogP contribution is 2.18. The van der Waals surface area contributed by atoms with Crippen molar-refractivity contribution in [2.75, 3.05) is 5.32 Å². The predicted molar refractivity (Wildman–Crippen MR) is 118 cm³/mol. The van der Waals surface area contributed by atoms with Gasteiger partial charge in [-0.15, -0.1) is 0 Å². The van der Waals surface area contributed by atoms with Gasteiger partial charge in [0, 0.05) is 28.8 Å². The van der Waals surface area contributed by atoms with Gasteiger partial charge in [-0.05, 0) is 60.2 Å². The predicted octanol–water partition coefficient (Wildman–Crippen LogP) is 4.64. The molecule has 0 saturated carbocycles. The lowest BCUT2D eigenvalue weighted by atomic mass is 10.2. The Labute approximate surface area is 179 Å². The first-order valence-electron chi connectivity index (χ1n) is 9.18. The summed E-state index contributed by atoms with van der Waals surface area (Å²) in [5.74, 6) is 0.188. The maximum atomic E-state index is 12.1. The third kappa shape index (κ3) is 6.18. The molecule has 0 bridgehead atoms. The molecule has 0 aliphatic carbocycles. The summed E-state index contributed by atoms with van der Waals surface area (Å²) in [6, 6.07) is 21.4. The number of rotatable bonds is 7. The molecule has 0 aliphatic rings. The van der Waals surface area contributed by atoms with Gasteiger partial charge >= 0.3 is 0 Å². The molecule has 0 spiro atoms. The molecule has 0 fully saturated rings. The highest BCUT2D eigenvalue weighted by molar-refractivity contribution is 6.31. The average Bonchev–Trinajstić information content (AvgIpc) is 2.74. The first kappa shape index (κ1) is 21.1. The molecule has 3 aromatic rings. The van der Waals surface area contributed by atoms with Crippen LogP contribution in [0.1, 0.15) is 28.4 Å². The molecule has 2 N–H and O–H groups in total.